The Labute approximate surface area is 133 Å². The molecule has 0 bridgehead atoms. The molecule has 3 N–H and O–H groups in total. The molecule has 1 heterocycles. The molecule has 2 aromatic rings. The van der Waals surface area contributed by atoms with E-state index in [1.165, 1.54) is 23.5 Å². The predicted molar refractivity (Wildman–Crippen MR) is 83.9 cm³/mol. The highest BCUT2D eigenvalue weighted by Crippen LogP contribution is 2.19. The predicted octanol–water partition coefficient (Wildman–Crippen LogP) is 2.97. The van der Waals surface area contributed by atoms with Gasteiger partial charge in [0.1, 0.15) is 0 Å². The van der Waals surface area contributed by atoms with Crippen LogP contribution in [0.4, 0.5) is 10.5 Å². The van der Waals surface area contributed by atoms with E-state index < -0.39 is 5.97 Å². The molecular weight excluding hydrogens is 358 g/mol. The van der Waals surface area contributed by atoms with Crippen molar-refractivity contribution in [3.05, 3.63) is 44.8 Å². The van der Waals surface area contributed by atoms with Crippen LogP contribution in [0.15, 0.2) is 33.6 Å². The number of hydrogen-bond donors (Lipinski definition) is 3. The van der Waals surface area contributed by atoms with Gasteiger partial charge in [-0.15, -0.1) is 11.3 Å². The molecule has 0 aliphatic heterocycles. The molecule has 0 atom stereocenters. The molecule has 21 heavy (non-hydrogen) atoms. The van der Waals surface area contributed by atoms with Crippen molar-refractivity contribution in [3.8, 4) is 0 Å². The molecule has 0 fully saturated rings. The molecule has 0 radical (unpaired) electrons. The summed E-state index contributed by atoms with van der Waals surface area (Å²) in [5, 5.41) is 16.2. The molecule has 110 valence electrons. The van der Waals surface area contributed by atoms with Crippen LogP contribution < -0.4 is 10.6 Å². The summed E-state index contributed by atoms with van der Waals surface area (Å²) in [6.45, 7) is 0.454. The van der Waals surface area contributed by atoms with Gasteiger partial charge < -0.3 is 15.7 Å². The second kappa shape index (κ2) is 7.19. The Morgan fingerprint density at radius 1 is 1.33 bits per heavy atom. The molecule has 0 saturated heterocycles. The fraction of sp³-hybridized carbons (Fsp3) is 0.154. The Hall–Kier alpha value is -1.93. The number of nitrogens with zero attached hydrogens (tertiary/aromatic N) is 1. The average Bonchev–Trinajstić information content (AvgIpc) is 2.91. The molecule has 1 aromatic heterocycles. The van der Waals surface area contributed by atoms with Crippen molar-refractivity contribution in [1.29, 1.82) is 0 Å². The van der Waals surface area contributed by atoms with Crippen LogP contribution in [0.25, 0.3) is 0 Å². The first kappa shape index (κ1) is 15.5. The number of hydrogen-bond acceptors (Lipinski definition) is 4. The number of halogens is 1. The number of amides is 2. The van der Waals surface area contributed by atoms with Gasteiger partial charge in [-0.2, -0.15) is 0 Å². The van der Waals surface area contributed by atoms with Crippen molar-refractivity contribution in [2.75, 3.05) is 11.9 Å². The normalized spacial score (nSPS) is 10.1. The minimum atomic E-state index is -1.05. The van der Waals surface area contributed by atoms with E-state index in [0.29, 0.717) is 23.1 Å². The van der Waals surface area contributed by atoms with Crippen molar-refractivity contribution in [1.82, 2.24) is 10.3 Å². The molecule has 2 amide bonds. The number of carboxylic acids is 1. The zero-order valence-electron chi connectivity index (χ0n) is 10.8. The van der Waals surface area contributed by atoms with Crippen LogP contribution in [0.2, 0.25) is 0 Å². The SMILES string of the molecule is O=C(NCCc1cscn1)Nc1cc(Br)cc(C(=O)O)c1. The smallest absolute Gasteiger partial charge is 0.335 e. The maximum atomic E-state index is 11.7. The molecule has 8 heteroatoms. The van der Waals surface area contributed by atoms with E-state index in [1.54, 1.807) is 11.6 Å². The third-order valence-electron chi connectivity index (χ3n) is 2.55. The van der Waals surface area contributed by atoms with Gasteiger partial charge in [0.2, 0.25) is 0 Å². The number of carbonyl (C=O) groups is 2. The fourth-order valence-electron chi connectivity index (χ4n) is 1.63. The lowest BCUT2D eigenvalue weighted by Crippen LogP contribution is -2.30. The van der Waals surface area contributed by atoms with Crippen molar-refractivity contribution in [3.63, 3.8) is 0 Å². The van der Waals surface area contributed by atoms with Crippen LogP contribution in [0.5, 0.6) is 0 Å². The van der Waals surface area contributed by atoms with Gasteiger partial charge in [0.15, 0.2) is 0 Å². The zero-order chi connectivity index (χ0) is 15.2. The summed E-state index contributed by atoms with van der Waals surface area (Å²) < 4.78 is 0.583. The van der Waals surface area contributed by atoms with Crippen LogP contribution in [-0.4, -0.2) is 28.6 Å². The van der Waals surface area contributed by atoms with E-state index >= 15 is 0 Å². The molecule has 0 unspecified atom stereocenters. The average molecular weight is 370 g/mol. The van der Waals surface area contributed by atoms with Gasteiger partial charge in [-0.1, -0.05) is 15.9 Å². The number of thiazole rings is 1. The Morgan fingerprint density at radius 2 is 2.14 bits per heavy atom. The molecule has 0 saturated carbocycles. The number of aromatic nitrogens is 1. The van der Waals surface area contributed by atoms with Gasteiger partial charge in [-0.25, -0.2) is 14.6 Å². The number of carbonyl (C=O) groups excluding carboxylic acids is 1. The third kappa shape index (κ3) is 4.83. The lowest BCUT2D eigenvalue weighted by molar-refractivity contribution is 0.0697. The zero-order valence-corrected chi connectivity index (χ0v) is 13.2. The van der Waals surface area contributed by atoms with Gasteiger partial charge in [0, 0.05) is 28.5 Å². The summed E-state index contributed by atoms with van der Waals surface area (Å²) >= 11 is 4.71. The lowest BCUT2D eigenvalue weighted by Gasteiger charge is -2.08. The maximum absolute atomic E-state index is 11.7. The van der Waals surface area contributed by atoms with Crippen LogP contribution in [0.3, 0.4) is 0 Å². The number of anilines is 1. The Balaban J connectivity index is 1.88. The Kier molecular flexibility index (Phi) is 5.29. The van der Waals surface area contributed by atoms with E-state index in [4.69, 9.17) is 5.11 Å². The van der Waals surface area contributed by atoms with Crippen molar-refractivity contribution < 1.29 is 14.7 Å². The van der Waals surface area contributed by atoms with Gasteiger partial charge in [0.25, 0.3) is 0 Å². The maximum Gasteiger partial charge on any atom is 0.335 e. The third-order valence-corrected chi connectivity index (χ3v) is 3.65. The topological polar surface area (TPSA) is 91.3 Å². The number of nitrogens with one attached hydrogen (secondary N) is 2. The van der Waals surface area contributed by atoms with Gasteiger partial charge >= 0.3 is 12.0 Å². The van der Waals surface area contributed by atoms with Gasteiger partial charge in [0.05, 0.1) is 16.8 Å². The van der Waals surface area contributed by atoms with Crippen LogP contribution in [0, 0.1) is 0 Å². The quantitative estimate of drug-likeness (QED) is 0.755. The monoisotopic (exact) mass is 369 g/mol. The molecule has 0 spiro atoms. The summed E-state index contributed by atoms with van der Waals surface area (Å²) in [5.41, 5.74) is 3.18. The minimum absolute atomic E-state index is 0.0992. The fourth-order valence-corrected chi connectivity index (χ4v) is 2.71. The van der Waals surface area contributed by atoms with Crippen molar-refractivity contribution >= 4 is 45.0 Å². The molecule has 1 aromatic carbocycles. The van der Waals surface area contributed by atoms with Crippen LogP contribution >= 0.6 is 27.3 Å². The van der Waals surface area contributed by atoms with E-state index in [0.717, 1.165) is 5.69 Å². The molecule has 6 nitrogen and oxygen atoms in total. The summed E-state index contributed by atoms with van der Waals surface area (Å²) in [5.74, 6) is -1.05. The van der Waals surface area contributed by atoms with Crippen molar-refractivity contribution in [2.45, 2.75) is 6.42 Å². The first-order chi connectivity index (χ1) is 10.0. The molecule has 0 aliphatic carbocycles. The van der Waals surface area contributed by atoms with E-state index in [2.05, 4.69) is 31.5 Å². The second-order valence-electron chi connectivity index (χ2n) is 4.14. The van der Waals surface area contributed by atoms with Crippen LogP contribution in [0.1, 0.15) is 16.1 Å². The van der Waals surface area contributed by atoms with E-state index in [-0.39, 0.29) is 11.6 Å². The largest absolute Gasteiger partial charge is 0.478 e. The first-order valence-corrected chi connectivity index (χ1v) is 7.74. The highest BCUT2D eigenvalue weighted by molar-refractivity contribution is 9.10. The number of aromatic carboxylic acids is 1. The van der Waals surface area contributed by atoms with Crippen molar-refractivity contribution in [2.24, 2.45) is 0 Å². The number of carboxylic acid groups (broad SMARTS) is 1. The van der Waals surface area contributed by atoms with Crippen LogP contribution in [-0.2, 0) is 6.42 Å². The Morgan fingerprint density at radius 3 is 2.81 bits per heavy atom. The molecule has 2 rings (SSSR count). The highest BCUT2D eigenvalue weighted by Gasteiger charge is 2.08. The highest BCUT2D eigenvalue weighted by atomic mass is 79.9. The summed E-state index contributed by atoms with van der Waals surface area (Å²) in [7, 11) is 0. The Bertz CT molecular complexity index is 646. The standard InChI is InChI=1S/C13H12BrN3O3S/c14-9-3-8(12(18)19)4-11(5-9)17-13(20)15-2-1-10-6-21-7-16-10/h3-7H,1-2H2,(H,18,19)(H2,15,17,20). The van der Waals surface area contributed by atoms with Gasteiger partial charge in [-0.3, -0.25) is 0 Å². The first-order valence-electron chi connectivity index (χ1n) is 6.00. The van der Waals surface area contributed by atoms with Gasteiger partial charge in [-0.05, 0) is 18.2 Å². The summed E-state index contributed by atoms with van der Waals surface area (Å²) in [4.78, 5) is 26.8. The second-order valence-corrected chi connectivity index (χ2v) is 5.78. The number of benzene rings is 1. The summed E-state index contributed by atoms with van der Waals surface area (Å²) in [6.07, 6.45) is 0.649. The number of urea groups is 1. The molecule has 0 aliphatic rings. The molecular formula is C13H12BrN3O3S. The lowest BCUT2D eigenvalue weighted by atomic mass is 10.2. The number of rotatable bonds is 5. The van der Waals surface area contributed by atoms with E-state index in [1.807, 2.05) is 5.38 Å². The summed E-state index contributed by atoms with van der Waals surface area (Å²) in [6, 6.07) is 4.10. The minimum Gasteiger partial charge on any atom is -0.478 e. The van der Waals surface area contributed by atoms with E-state index in [9.17, 15) is 9.59 Å².